The van der Waals surface area contributed by atoms with Crippen molar-refractivity contribution in [2.75, 3.05) is 11.1 Å². The second-order valence-electron chi connectivity index (χ2n) is 4.10. The van der Waals surface area contributed by atoms with E-state index in [1.807, 2.05) is 13.0 Å². The summed E-state index contributed by atoms with van der Waals surface area (Å²) in [4.78, 5) is 8.54. The van der Waals surface area contributed by atoms with Crippen LogP contribution in [-0.2, 0) is 6.42 Å². The number of aromatic nitrogens is 2. The lowest BCUT2D eigenvalue weighted by Gasteiger charge is -2.06. The Morgan fingerprint density at radius 3 is 2.87 bits per heavy atom. The van der Waals surface area contributed by atoms with Crippen LogP contribution >= 0.6 is 0 Å². The van der Waals surface area contributed by atoms with Crippen LogP contribution < -0.4 is 11.1 Å². The van der Waals surface area contributed by atoms with E-state index < -0.39 is 0 Å². The van der Waals surface area contributed by atoms with Gasteiger partial charge >= 0.3 is 0 Å². The van der Waals surface area contributed by atoms with Gasteiger partial charge < -0.3 is 11.1 Å². The number of aryl methyl sites for hydroxylation is 1. The van der Waals surface area contributed by atoms with E-state index in [0.717, 1.165) is 24.0 Å². The molecular formula is C11H18N4. The van der Waals surface area contributed by atoms with Gasteiger partial charge in [0.15, 0.2) is 0 Å². The molecular weight excluding hydrogens is 188 g/mol. The van der Waals surface area contributed by atoms with Crippen LogP contribution in [0.4, 0.5) is 11.6 Å². The Hall–Kier alpha value is -1.32. The highest BCUT2D eigenvalue weighted by Crippen LogP contribution is 2.35. The molecule has 2 atom stereocenters. The number of nitrogens with two attached hydrogens (primary N) is 1. The average molecular weight is 206 g/mol. The maximum atomic E-state index is 5.71. The van der Waals surface area contributed by atoms with E-state index >= 15 is 0 Å². The predicted molar refractivity (Wildman–Crippen MR) is 61.6 cm³/mol. The lowest BCUT2D eigenvalue weighted by Crippen LogP contribution is -2.09. The molecule has 0 bridgehead atoms. The van der Waals surface area contributed by atoms with Crippen LogP contribution in [0.25, 0.3) is 0 Å². The molecule has 1 aromatic rings. The number of nitrogen functional groups attached to an aromatic ring is 1. The minimum Gasteiger partial charge on any atom is -0.384 e. The fourth-order valence-electron chi connectivity index (χ4n) is 1.82. The van der Waals surface area contributed by atoms with Crippen LogP contribution in [0.15, 0.2) is 6.07 Å². The van der Waals surface area contributed by atoms with Crippen molar-refractivity contribution in [1.82, 2.24) is 9.97 Å². The average Bonchev–Trinajstić information content (AvgIpc) is 2.95. The zero-order valence-electron chi connectivity index (χ0n) is 9.33. The lowest BCUT2D eigenvalue weighted by molar-refractivity contribution is 0.772. The van der Waals surface area contributed by atoms with Gasteiger partial charge in [-0.25, -0.2) is 9.97 Å². The first-order chi connectivity index (χ1) is 7.22. The zero-order chi connectivity index (χ0) is 10.8. The highest BCUT2D eigenvalue weighted by Gasteiger charge is 2.35. The second-order valence-corrected chi connectivity index (χ2v) is 4.10. The van der Waals surface area contributed by atoms with Gasteiger partial charge in [0.05, 0.1) is 0 Å². The van der Waals surface area contributed by atoms with Crippen molar-refractivity contribution in [2.45, 2.75) is 39.2 Å². The summed E-state index contributed by atoms with van der Waals surface area (Å²) in [6.45, 7) is 4.25. The van der Waals surface area contributed by atoms with Crippen LogP contribution in [0.1, 0.15) is 32.5 Å². The van der Waals surface area contributed by atoms with Gasteiger partial charge in [0.2, 0.25) is 0 Å². The molecule has 2 rings (SSSR count). The summed E-state index contributed by atoms with van der Waals surface area (Å²) < 4.78 is 0. The van der Waals surface area contributed by atoms with Crippen molar-refractivity contribution in [3.05, 3.63) is 11.9 Å². The highest BCUT2D eigenvalue weighted by atomic mass is 15.1. The Morgan fingerprint density at radius 1 is 1.47 bits per heavy atom. The van der Waals surface area contributed by atoms with E-state index in [9.17, 15) is 0 Å². The molecule has 1 heterocycles. The molecule has 4 nitrogen and oxygen atoms in total. The van der Waals surface area contributed by atoms with Crippen LogP contribution in [0.5, 0.6) is 0 Å². The molecule has 0 radical (unpaired) electrons. The van der Waals surface area contributed by atoms with E-state index in [0.29, 0.717) is 11.9 Å². The molecule has 0 aliphatic heterocycles. The first kappa shape index (κ1) is 10.2. The molecule has 1 aliphatic carbocycles. The molecule has 0 spiro atoms. The van der Waals surface area contributed by atoms with Gasteiger partial charge in [-0.3, -0.25) is 0 Å². The fraction of sp³-hybridized carbons (Fsp3) is 0.636. The van der Waals surface area contributed by atoms with Gasteiger partial charge in [0.25, 0.3) is 0 Å². The van der Waals surface area contributed by atoms with Crippen molar-refractivity contribution in [1.29, 1.82) is 0 Å². The van der Waals surface area contributed by atoms with Crippen LogP contribution in [0, 0.1) is 5.92 Å². The fourth-order valence-corrected chi connectivity index (χ4v) is 1.82. The summed E-state index contributed by atoms with van der Waals surface area (Å²) in [5.41, 5.74) is 5.71. The summed E-state index contributed by atoms with van der Waals surface area (Å²) in [5, 5.41) is 3.40. The van der Waals surface area contributed by atoms with Gasteiger partial charge in [-0.05, 0) is 12.3 Å². The Balaban J connectivity index is 2.05. The molecule has 1 fully saturated rings. The van der Waals surface area contributed by atoms with Crippen molar-refractivity contribution in [2.24, 2.45) is 5.92 Å². The monoisotopic (exact) mass is 206 g/mol. The molecule has 0 aromatic carbocycles. The first-order valence-corrected chi connectivity index (χ1v) is 5.62. The van der Waals surface area contributed by atoms with Crippen molar-refractivity contribution in [3.63, 3.8) is 0 Å². The van der Waals surface area contributed by atoms with Gasteiger partial charge in [0.1, 0.15) is 17.5 Å². The Labute approximate surface area is 90.3 Å². The molecule has 1 saturated carbocycles. The standard InChI is InChI=1S/C11H18N4/c1-3-7-5-8(7)13-11-6-9(12)14-10(4-2)15-11/h6-8H,3-5H2,1-2H3,(H3,12,13,14,15). The first-order valence-electron chi connectivity index (χ1n) is 5.62. The lowest BCUT2D eigenvalue weighted by atomic mass is 10.3. The number of nitrogens with zero attached hydrogens (tertiary/aromatic N) is 2. The smallest absolute Gasteiger partial charge is 0.132 e. The number of hydrogen-bond donors (Lipinski definition) is 2. The normalized spacial score (nSPS) is 23.9. The van der Waals surface area contributed by atoms with Crippen LogP contribution in [0.3, 0.4) is 0 Å². The minimum atomic E-state index is 0.554. The molecule has 2 unspecified atom stereocenters. The maximum absolute atomic E-state index is 5.71. The van der Waals surface area contributed by atoms with Crippen molar-refractivity contribution < 1.29 is 0 Å². The minimum absolute atomic E-state index is 0.554. The molecule has 0 amide bonds. The Kier molecular flexibility index (Phi) is 2.75. The Bertz CT molecular complexity index is 350. The largest absolute Gasteiger partial charge is 0.384 e. The topological polar surface area (TPSA) is 63.8 Å². The summed E-state index contributed by atoms with van der Waals surface area (Å²) in [7, 11) is 0. The summed E-state index contributed by atoms with van der Waals surface area (Å²) >= 11 is 0. The molecule has 3 N–H and O–H groups in total. The molecule has 82 valence electrons. The van der Waals surface area contributed by atoms with Gasteiger partial charge in [0, 0.05) is 18.5 Å². The van der Waals surface area contributed by atoms with E-state index in [2.05, 4.69) is 22.2 Å². The van der Waals surface area contributed by atoms with Gasteiger partial charge in [-0.1, -0.05) is 20.3 Å². The highest BCUT2D eigenvalue weighted by molar-refractivity contribution is 5.46. The summed E-state index contributed by atoms with van der Waals surface area (Å²) in [6, 6.07) is 2.40. The van der Waals surface area contributed by atoms with Crippen molar-refractivity contribution >= 4 is 11.6 Å². The quantitative estimate of drug-likeness (QED) is 0.789. The molecule has 4 heteroatoms. The van der Waals surface area contributed by atoms with E-state index in [1.165, 1.54) is 12.8 Å². The third-order valence-electron chi connectivity index (χ3n) is 2.89. The number of nitrogens with one attached hydrogen (secondary N) is 1. The van der Waals surface area contributed by atoms with Crippen LogP contribution in [0.2, 0.25) is 0 Å². The van der Waals surface area contributed by atoms with E-state index in [4.69, 9.17) is 5.73 Å². The second kappa shape index (κ2) is 4.04. The third-order valence-corrected chi connectivity index (χ3v) is 2.89. The SMILES string of the molecule is CCc1nc(N)cc(NC2CC2CC)n1. The zero-order valence-corrected chi connectivity index (χ0v) is 9.33. The van der Waals surface area contributed by atoms with Gasteiger partial charge in [-0.2, -0.15) is 0 Å². The summed E-state index contributed by atoms with van der Waals surface area (Å²) in [5.74, 6) is 3.05. The summed E-state index contributed by atoms with van der Waals surface area (Å²) in [6.07, 6.45) is 3.31. The molecule has 1 aromatic heterocycles. The number of hydrogen-bond acceptors (Lipinski definition) is 4. The third kappa shape index (κ3) is 2.37. The Morgan fingerprint density at radius 2 is 2.27 bits per heavy atom. The molecule has 1 aliphatic rings. The maximum Gasteiger partial charge on any atom is 0.132 e. The van der Waals surface area contributed by atoms with Crippen LogP contribution in [-0.4, -0.2) is 16.0 Å². The van der Waals surface area contributed by atoms with E-state index in [-0.39, 0.29) is 0 Å². The predicted octanol–water partition coefficient (Wildman–Crippen LogP) is 1.83. The van der Waals surface area contributed by atoms with Gasteiger partial charge in [-0.15, -0.1) is 0 Å². The molecule has 15 heavy (non-hydrogen) atoms. The number of rotatable bonds is 4. The van der Waals surface area contributed by atoms with Crippen molar-refractivity contribution in [3.8, 4) is 0 Å². The number of anilines is 2. The van der Waals surface area contributed by atoms with E-state index in [1.54, 1.807) is 0 Å². The molecule has 0 saturated heterocycles.